The average molecular weight is 354 g/mol. The summed E-state index contributed by atoms with van der Waals surface area (Å²) in [7, 11) is 1.55. The van der Waals surface area contributed by atoms with Gasteiger partial charge in [-0.15, -0.1) is 5.10 Å². The molecule has 4 rings (SSSR count). The van der Waals surface area contributed by atoms with Crippen LogP contribution < -0.4 is 10.1 Å². The van der Waals surface area contributed by atoms with Gasteiger partial charge in [0.1, 0.15) is 0 Å². The highest BCUT2D eigenvalue weighted by molar-refractivity contribution is 5.94. The predicted molar refractivity (Wildman–Crippen MR) is 90.5 cm³/mol. The van der Waals surface area contributed by atoms with Gasteiger partial charge in [0.05, 0.1) is 24.8 Å². The van der Waals surface area contributed by atoms with Gasteiger partial charge in [-0.3, -0.25) is 4.79 Å². The van der Waals surface area contributed by atoms with E-state index in [2.05, 4.69) is 25.8 Å². The first-order valence-corrected chi connectivity index (χ1v) is 8.30. The van der Waals surface area contributed by atoms with Crippen molar-refractivity contribution in [2.75, 3.05) is 7.11 Å². The number of carbonyl (C=O) groups is 1. The molecule has 0 radical (unpaired) electrons. The molecule has 2 N–H and O–H groups in total. The number of rotatable bonds is 5. The molecular formula is C17H18N6O3. The molecule has 1 aliphatic carbocycles. The Morgan fingerprint density at radius 2 is 2.19 bits per heavy atom. The highest BCUT2D eigenvalue weighted by Gasteiger charge is 2.36. The van der Waals surface area contributed by atoms with Gasteiger partial charge in [-0.1, -0.05) is 6.07 Å². The second-order valence-electron chi connectivity index (χ2n) is 6.37. The van der Waals surface area contributed by atoms with Gasteiger partial charge in [-0.25, -0.2) is 4.98 Å². The molecule has 9 nitrogen and oxygen atoms in total. The molecule has 1 saturated carbocycles. The number of nitrogens with zero attached hydrogens (tertiary/aromatic N) is 5. The molecular weight excluding hydrogens is 336 g/mol. The Bertz CT molecular complexity index is 920. The summed E-state index contributed by atoms with van der Waals surface area (Å²) in [4.78, 5) is 17.0. The Hall–Kier alpha value is -3.07. The molecule has 0 spiro atoms. The molecule has 3 aromatic heterocycles. The number of ether oxygens (including phenoxy) is 1. The molecule has 0 unspecified atom stereocenters. The minimum Gasteiger partial charge on any atom is -0.481 e. The summed E-state index contributed by atoms with van der Waals surface area (Å²) < 4.78 is 6.54. The molecule has 1 fully saturated rings. The van der Waals surface area contributed by atoms with E-state index >= 15 is 0 Å². The molecule has 3 heterocycles. The standard InChI is InChI=1S/C17H18N6O3/c1-26-15-5-3-10(8-18-15)16(12-6-13(24)7-12)19-17(25)11-2-4-14-20-21-22-23(14)9-11/h2-5,8-9,12-13,16,24H,6-7H2,1H3,(H,19,25)/t12?,13?,16-/m1/s1. The monoisotopic (exact) mass is 354 g/mol. The molecule has 0 bridgehead atoms. The molecule has 1 atom stereocenters. The second-order valence-corrected chi connectivity index (χ2v) is 6.37. The van der Waals surface area contributed by atoms with Crippen molar-refractivity contribution in [1.82, 2.24) is 30.3 Å². The smallest absolute Gasteiger partial charge is 0.253 e. The SMILES string of the molecule is COc1ccc([C@@H](NC(=O)c2ccc3nnnn3c2)C2CC(O)C2)cn1. The number of aromatic nitrogens is 5. The van der Waals surface area contributed by atoms with Crippen molar-refractivity contribution in [2.24, 2.45) is 5.92 Å². The van der Waals surface area contributed by atoms with E-state index in [1.165, 1.54) is 4.52 Å². The van der Waals surface area contributed by atoms with Crippen LogP contribution in [0.25, 0.3) is 5.65 Å². The van der Waals surface area contributed by atoms with Crippen molar-refractivity contribution < 1.29 is 14.6 Å². The lowest BCUT2D eigenvalue weighted by Gasteiger charge is -2.38. The van der Waals surface area contributed by atoms with Crippen molar-refractivity contribution in [3.05, 3.63) is 47.8 Å². The molecule has 1 amide bonds. The zero-order valence-electron chi connectivity index (χ0n) is 14.1. The van der Waals surface area contributed by atoms with E-state index in [1.54, 1.807) is 37.7 Å². The van der Waals surface area contributed by atoms with Crippen LogP contribution in [0, 0.1) is 5.92 Å². The lowest BCUT2D eigenvalue weighted by molar-refractivity contribution is 0.0234. The number of fused-ring (bicyclic) bond motifs is 1. The summed E-state index contributed by atoms with van der Waals surface area (Å²) in [6.07, 6.45) is 4.25. The highest BCUT2D eigenvalue weighted by atomic mass is 16.5. The fraction of sp³-hybridized carbons (Fsp3) is 0.353. The zero-order valence-corrected chi connectivity index (χ0v) is 14.1. The van der Waals surface area contributed by atoms with E-state index in [0.717, 1.165) is 5.56 Å². The third-order valence-electron chi connectivity index (χ3n) is 4.69. The van der Waals surface area contributed by atoms with Gasteiger partial charge in [0.2, 0.25) is 5.88 Å². The maximum atomic E-state index is 12.7. The van der Waals surface area contributed by atoms with Crippen molar-refractivity contribution in [1.29, 1.82) is 0 Å². The Kier molecular flexibility index (Phi) is 4.21. The van der Waals surface area contributed by atoms with Gasteiger partial charge < -0.3 is 15.2 Å². The number of carbonyl (C=O) groups excluding carboxylic acids is 1. The van der Waals surface area contributed by atoms with Crippen LogP contribution in [-0.2, 0) is 0 Å². The van der Waals surface area contributed by atoms with E-state index in [0.29, 0.717) is 29.9 Å². The average Bonchev–Trinajstić information content (AvgIpc) is 3.11. The minimum absolute atomic E-state index is 0.154. The molecule has 134 valence electrons. The van der Waals surface area contributed by atoms with E-state index in [9.17, 15) is 9.90 Å². The fourth-order valence-electron chi connectivity index (χ4n) is 3.17. The van der Waals surface area contributed by atoms with Crippen molar-refractivity contribution >= 4 is 11.6 Å². The van der Waals surface area contributed by atoms with Gasteiger partial charge in [0.25, 0.3) is 5.91 Å². The van der Waals surface area contributed by atoms with Crippen LogP contribution in [0.2, 0.25) is 0 Å². The molecule has 0 aromatic carbocycles. The number of pyridine rings is 2. The van der Waals surface area contributed by atoms with E-state index in [-0.39, 0.29) is 24.0 Å². The summed E-state index contributed by atoms with van der Waals surface area (Å²) in [5.41, 5.74) is 1.90. The number of hydrogen-bond acceptors (Lipinski definition) is 7. The minimum atomic E-state index is -0.316. The number of aliphatic hydroxyl groups excluding tert-OH is 1. The Labute approximate surface area is 149 Å². The Balaban J connectivity index is 1.57. The summed E-state index contributed by atoms with van der Waals surface area (Å²) in [6.45, 7) is 0. The van der Waals surface area contributed by atoms with Gasteiger partial charge in [0.15, 0.2) is 5.65 Å². The fourth-order valence-corrected chi connectivity index (χ4v) is 3.17. The Morgan fingerprint density at radius 3 is 2.88 bits per heavy atom. The molecule has 9 heteroatoms. The number of aliphatic hydroxyl groups is 1. The van der Waals surface area contributed by atoms with Crippen LogP contribution in [0.3, 0.4) is 0 Å². The first kappa shape index (κ1) is 16.4. The highest BCUT2D eigenvalue weighted by Crippen LogP contribution is 2.38. The van der Waals surface area contributed by atoms with Crippen molar-refractivity contribution in [3.8, 4) is 5.88 Å². The molecule has 0 saturated heterocycles. The third kappa shape index (κ3) is 3.08. The van der Waals surface area contributed by atoms with Crippen LogP contribution in [0.1, 0.15) is 34.8 Å². The zero-order chi connectivity index (χ0) is 18.1. The summed E-state index contributed by atoms with van der Waals surface area (Å²) in [5, 5.41) is 23.9. The first-order chi connectivity index (χ1) is 12.6. The number of tetrazole rings is 1. The van der Waals surface area contributed by atoms with Crippen molar-refractivity contribution in [3.63, 3.8) is 0 Å². The lowest BCUT2D eigenvalue weighted by atomic mass is 9.75. The van der Waals surface area contributed by atoms with Crippen molar-refractivity contribution in [2.45, 2.75) is 25.0 Å². The van der Waals surface area contributed by atoms with Crippen LogP contribution in [-0.4, -0.2) is 49.3 Å². The topological polar surface area (TPSA) is 115 Å². The maximum Gasteiger partial charge on any atom is 0.253 e. The number of hydrogen-bond donors (Lipinski definition) is 2. The van der Waals surface area contributed by atoms with Crippen LogP contribution in [0.4, 0.5) is 0 Å². The largest absolute Gasteiger partial charge is 0.481 e. The van der Waals surface area contributed by atoms with Crippen LogP contribution in [0.5, 0.6) is 5.88 Å². The second kappa shape index (κ2) is 6.68. The van der Waals surface area contributed by atoms with E-state index < -0.39 is 0 Å². The normalized spacial score (nSPS) is 20.4. The third-order valence-corrected chi connectivity index (χ3v) is 4.69. The molecule has 3 aromatic rings. The lowest BCUT2D eigenvalue weighted by Crippen LogP contribution is -2.41. The number of amides is 1. The molecule has 1 aliphatic rings. The molecule has 0 aliphatic heterocycles. The van der Waals surface area contributed by atoms with Gasteiger partial charge >= 0.3 is 0 Å². The van der Waals surface area contributed by atoms with E-state index in [1.807, 2.05) is 6.07 Å². The number of nitrogens with one attached hydrogen (secondary N) is 1. The Morgan fingerprint density at radius 1 is 1.35 bits per heavy atom. The molecule has 26 heavy (non-hydrogen) atoms. The number of methoxy groups -OCH3 is 1. The predicted octanol–water partition coefficient (Wildman–Crippen LogP) is 0.770. The van der Waals surface area contributed by atoms with Crippen LogP contribution >= 0.6 is 0 Å². The van der Waals surface area contributed by atoms with E-state index in [4.69, 9.17) is 4.74 Å². The van der Waals surface area contributed by atoms with Gasteiger partial charge in [-0.05, 0) is 46.9 Å². The summed E-state index contributed by atoms with van der Waals surface area (Å²) in [5.74, 6) is 0.433. The van der Waals surface area contributed by atoms with Gasteiger partial charge in [0, 0.05) is 18.5 Å². The summed E-state index contributed by atoms with van der Waals surface area (Å²) >= 11 is 0. The summed E-state index contributed by atoms with van der Waals surface area (Å²) in [6, 6.07) is 6.77. The maximum absolute atomic E-state index is 12.7. The first-order valence-electron chi connectivity index (χ1n) is 8.30. The van der Waals surface area contributed by atoms with Gasteiger partial charge in [-0.2, -0.15) is 4.52 Å². The quantitative estimate of drug-likeness (QED) is 0.695. The van der Waals surface area contributed by atoms with Crippen LogP contribution in [0.15, 0.2) is 36.7 Å².